The summed E-state index contributed by atoms with van der Waals surface area (Å²) in [5.74, 6) is 0.310. The second-order valence-corrected chi connectivity index (χ2v) is 8.02. The highest BCUT2D eigenvalue weighted by atomic mass is 16.1. The number of allylic oxidation sites excluding steroid dienone is 2. The van der Waals surface area contributed by atoms with Crippen LogP contribution in [0.2, 0.25) is 0 Å². The van der Waals surface area contributed by atoms with E-state index < -0.39 is 0 Å². The third kappa shape index (κ3) is 5.65. The van der Waals surface area contributed by atoms with Gasteiger partial charge in [0.05, 0.1) is 0 Å². The van der Waals surface area contributed by atoms with Crippen LogP contribution in [-0.2, 0) is 24.1 Å². The van der Waals surface area contributed by atoms with Gasteiger partial charge in [-0.05, 0) is 80.8 Å². The van der Waals surface area contributed by atoms with E-state index in [1.54, 1.807) is 0 Å². The SMILES string of the molecule is CCc1ccc(CCC/C=C/C(=O)C2(Cc3ccccc3)CCNCC2)cc1. The lowest BCUT2D eigenvalue weighted by Gasteiger charge is -2.35. The van der Waals surface area contributed by atoms with E-state index in [2.05, 4.69) is 66.8 Å². The minimum absolute atomic E-state index is 0.237. The first kappa shape index (κ1) is 20.5. The van der Waals surface area contributed by atoms with Gasteiger partial charge in [0.1, 0.15) is 0 Å². The number of unbranched alkanes of at least 4 members (excludes halogenated alkanes) is 1. The van der Waals surface area contributed by atoms with Crippen molar-refractivity contribution in [2.24, 2.45) is 5.41 Å². The van der Waals surface area contributed by atoms with E-state index >= 15 is 0 Å². The van der Waals surface area contributed by atoms with Gasteiger partial charge >= 0.3 is 0 Å². The molecule has 0 spiro atoms. The highest BCUT2D eigenvalue weighted by Gasteiger charge is 2.37. The summed E-state index contributed by atoms with van der Waals surface area (Å²) in [6.45, 7) is 4.05. The standard InChI is InChI=1S/C26H33NO/c1-2-22-13-15-23(16-14-22)9-5-4-8-12-25(28)26(17-19-27-20-18-26)21-24-10-6-3-7-11-24/h3,6-8,10-16,27H,2,4-5,9,17-21H2,1H3/b12-8+. The maximum atomic E-state index is 13.1. The minimum atomic E-state index is -0.237. The lowest BCUT2D eigenvalue weighted by molar-refractivity contribution is -0.125. The summed E-state index contributed by atoms with van der Waals surface area (Å²) in [7, 11) is 0. The Morgan fingerprint density at radius 1 is 0.964 bits per heavy atom. The summed E-state index contributed by atoms with van der Waals surface area (Å²) < 4.78 is 0. The Morgan fingerprint density at radius 2 is 1.64 bits per heavy atom. The normalized spacial score (nSPS) is 16.3. The van der Waals surface area contributed by atoms with Crippen molar-refractivity contribution in [1.82, 2.24) is 5.32 Å². The molecule has 28 heavy (non-hydrogen) atoms. The van der Waals surface area contributed by atoms with Gasteiger partial charge in [0, 0.05) is 5.41 Å². The molecule has 1 fully saturated rings. The fourth-order valence-corrected chi connectivity index (χ4v) is 4.14. The molecule has 1 aliphatic heterocycles. The molecule has 2 aromatic carbocycles. The van der Waals surface area contributed by atoms with Crippen molar-refractivity contribution >= 4 is 5.78 Å². The first-order valence-corrected chi connectivity index (χ1v) is 10.8. The summed E-state index contributed by atoms with van der Waals surface area (Å²) in [4.78, 5) is 13.1. The molecule has 0 aliphatic carbocycles. The molecule has 1 aliphatic rings. The molecule has 0 bridgehead atoms. The number of carbonyl (C=O) groups is 1. The average Bonchev–Trinajstić information content (AvgIpc) is 2.75. The van der Waals surface area contributed by atoms with E-state index in [9.17, 15) is 4.79 Å². The van der Waals surface area contributed by atoms with E-state index in [0.717, 1.165) is 58.0 Å². The molecular formula is C26H33NO. The lowest BCUT2D eigenvalue weighted by atomic mass is 9.71. The molecule has 148 valence electrons. The van der Waals surface area contributed by atoms with Crippen molar-refractivity contribution in [1.29, 1.82) is 0 Å². The van der Waals surface area contributed by atoms with Gasteiger partial charge in [-0.1, -0.05) is 67.6 Å². The highest BCUT2D eigenvalue weighted by Crippen LogP contribution is 2.34. The summed E-state index contributed by atoms with van der Waals surface area (Å²) in [5, 5.41) is 3.41. The predicted octanol–water partition coefficient (Wildman–Crippen LogP) is 5.31. The first-order chi connectivity index (χ1) is 13.7. The molecule has 0 saturated carbocycles. The molecule has 2 heteroatoms. The molecule has 1 heterocycles. The third-order valence-electron chi connectivity index (χ3n) is 6.01. The van der Waals surface area contributed by atoms with Crippen LogP contribution >= 0.6 is 0 Å². The molecule has 2 aromatic rings. The fourth-order valence-electron chi connectivity index (χ4n) is 4.14. The van der Waals surface area contributed by atoms with Crippen LogP contribution in [0.15, 0.2) is 66.7 Å². The van der Waals surface area contributed by atoms with E-state index in [0.29, 0.717) is 5.78 Å². The topological polar surface area (TPSA) is 29.1 Å². The molecule has 0 atom stereocenters. The zero-order valence-corrected chi connectivity index (χ0v) is 17.1. The average molecular weight is 376 g/mol. The molecule has 2 nitrogen and oxygen atoms in total. The Bertz CT molecular complexity index is 755. The number of aryl methyl sites for hydroxylation is 2. The van der Waals surface area contributed by atoms with E-state index in [4.69, 9.17) is 0 Å². The van der Waals surface area contributed by atoms with Gasteiger partial charge in [-0.15, -0.1) is 0 Å². The Kier molecular flexibility index (Phi) is 7.62. The van der Waals surface area contributed by atoms with Crippen molar-refractivity contribution in [3.63, 3.8) is 0 Å². The van der Waals surface area contributed by atoms with Gasteiger partial charge in [-0.2, -0.15) is 0 Å². The van der Waals surface area contributed by atoms with Crippen LogP contribution in [0.3, 0.4) is 0 Å². The Hall–Kier alpha value is -2.19. The maximum Gasteiger partial charge on any atom is 0.161 e. The van der Waals surface area contributed by atoms with E-state index in [1.165, 1.54) is 16.7 Å². The number of carbonyl (C=O) groups excluding carboxylic acids is 1. The predicted molar refractivity (Wildman–Crippen MR) is 118 cm³/mol. The van der Waals surface area contributed by atoms with Crippen LogP contribution in [0.5, 0.6) is 0 Å². The zero-order chi connectivity index (χ0) is 19.7. The number of benzene rings is 2. The number of nitrogens with one attached hydrogen (secondary N) is 1. The van der Waals surface area contributed by atoms with Crippen LogP contribution in [0.25, 0.3) is 0 Å². The Morgan fingerprint density at radius 3 is 2.32 bits per heavy atom. The smallest absolute Gasteiger partial charge is 0.161 e. The van der Waals surface area contributed by atoms with Gasteiger partial charge in [0.15, 0.2) is 5.78 Å². The summed E-state index contributed by atoms with van der Waals surface area (Å²) in [5.41, 5.74) is 3.80. The number of rotatable bonds is 9. The Labute approximate surface area is 170 Å². The van der Waals surface area contributed by atoms with Crippen molar-refractivity contribution in [2.75, 3.05) is 13.1 Å². The number of hydrogen-bond acceptors (Lipinski definition) is 2. The zero-order valence-electron chi connectivity index (χ0n) is 17.1. The van der Waals surface area contributed by atoms with Crippen LogP contribution in [0.1, 0.15) is 49.3 Å². The van der Waals surface area contributed by atoms with Crippen molar-refractivity contribution in [3.8, 4) is 0 Å². The second-order valence-electron chi connectivity index (χ2n) is 8.02. The van der Waals surface area contributed by atoms with Crippen LogP contribution in [0.4, 0.5) is 0 Å². The highest BCUT2D eigenvalue weighted by molar-refractivity contribution is 5.95. The van der Waals surface area contributed by atoms with E-state index in [1.807, 2.05) is 12.1 Å². The molecule has 0 radical (unpaired) electrons. The van der Waals surface area contributed by atoms with Crippen molar-refractivity contribution in [3.05, 3.63) is 83.4 Å². The molecule has 0 aromatic heterocycles. The minimum Gasteiger partial charge on any atom is -0.317 e. The monoisotopic (exact) mass is 375 g/mol. The molecule has 0 amide bonds. The first-order valence-electron chi connectivity index (χ1n) is 10.8. The summed E-state index contributed by atoms with van der Waals surface area (Å²) in [6, 6.07) is 19.4. The van der Waals surface area contributed by atoms with Gasteiger partial charge in [-0.25, -0.2) is 0 Å². The molecule has 0 unspecified atom stereocenters. The molecule has 1 saturated heterocycles. The van der Waals surface area contributed by atoms with Crippen LogP contribution in [-0.4, -0.2) is 18.9 Å². The largest absolute Gasteiger partial charge is 0.317 e. The maximum absolute atomic E-state index is 13.1. The van der Waals surface area contributed by atoms with Gasteiger partial charge in [0.2, 0.25) is 0 Å². The van der Waals surface area contributed by atoms with Gasteiger partial charge < -0.3 is 5.32 Å². The van der Waals surface area contributed by atoms with Crippen LogP contribution in [0, 0.1) is 5.41 Å². The quantitative estimate of drug-likeness (QED) is 0.475. The summed E-state index contributed by atoms with van der Waals surface area (Å²) in [6.07, 6.45) is 10.9. The summed E-state index contributed by atoms with van der Waals surface area (Å²) >= 11 is 0. The number of hydrogen-bond donors (Lipinski definition) is 1. The fraction of sp³-hybridized carbons (Fsp3) is 0.423. The number of ketones is 1. The number of piperidine rings is 1. The van der Waals surface area contributed by atoms with Crippen LogP contribution < -0.4 is 5.32 Å². The van der Waals surface area contributed by atoms with Crippen molar-refractivity contribution in [2.45, 2.75) is 51.9 Å². The Balaban J connectivity index is 1.53. The van der Waals surface area contributed by atoms with E-state index in [-0.39, 0.29) is 5.41 Å². The van der Waals surface area contributed by atoms with Crippen molar-refractivity contribution < 1.29 is 4.79 Å². The molecule has 3 rings (SSSR count). The lowest BCUT2D eigenvalue weighted by Crippen LogP contribution is -2.43. The molecular weight excluding hydrogens is 342 g/mol. The van der Waals surface area contributed by atoms with Gasteiger partial charge in [0.25, 0.3) is 0 Å². The molecule has 1 N–H and O–H groups in total. The second kappa shape index (κ2) is 10.4. The van der Waals surface area contributed by atoms with Gasteiger partial charge in [-0.3, -0.25) is 4.79 Å². The third-order valence-corrected chi connectivity index (χ3v) is 6.01.